The molecule has 2 heteroatoms. The van der Waals surface area contributed by atoms with E-state index in [-0.39, 0.29) is 12.5 Å². The number of rotatable bonds is 2. The van der Waals surface area contributed by atoms with Crippen molar-refractivity contribution in [3.8, 4) is 0 Å². The molecule has 1 fully saturated rings. The van der Waals surface area contributed by atoms with Crippen molar-refractivity contribution >= 4 is 0 Å². The molecule has 0 saturated heterocycles. The Bertz CT molecular complexity index is 167. The summed E-state index contributed by atoms with van der Waals surface area (Å²) in [6.45, 7) is 6.44. The van der Waals surface area contributed by atoms with Gasteiger partial charge in [0.25, 0.3) is 0 Å². The van der Waals surface area contributed by atoms with E-state index in [0.717, 1.165) is 25.2 Å². The number of hydrogen-bond acceptors (Lipinski definition) is 2. The van der Waals surface area contributed by atoms with Crippen LogP contribution < -0.4 is 0 Å². The molecule has 2 N–H and O–H groups in total. The number of aliphatic hydroxyl groups is 2. The predicted molar refractivity (Wildman–Crippen MR) is 53.4 cm³/mol. The molecule has 0 amide bonds. The maximum Gasteiger partial charge on any atom is 0.0902 e. The van der Waals surface area contributed by atoms with Gasteiger partial charge in [0.1, 0.15) is 0 Å². The molecule has 0 aromatic heterocycles. The van der Waals surface area contributed by atoms with Crippen LogP contribution in [-0.2, 0) is 0 Å². The van der Waals surface area contributed by atoms with Crippen molar-refractivity contribution in [2.24, 2.45) is 17.8 Å². The standard InChI is InChI=1S/C11H22O2/c1-8(2)10-4-5-11(13,7-12)9(3)6-10/h8-10,12-13H,4-7H2,1-3H3. The van der Waals surface area contributed by atoms with Crippen LogP contribution in [0.5, 0.6) is 0 Å². The molecule has 0 aromatic rings. The van der Waals surface area contributed by atoms with Crippen LogP contribution in [0.2, 0.25) is 0 Å². The first-order chi connectivity index (χ1) is 5.99. The van der Waals surface area contributed by atoms with E-state index in [2.05, 4.69) is 13.8 Å². The lowest BCUT2D eigenvalue weighted by Gasteiger charge is -2.41. The summed E-state index contributed by atoms with van der Waals surface area (Å²) >= 11 is 0. The van der Waals surface area contributed by atoms with Gasteiger partial charge >= 0.3 is 0 Å². The normalized spacial score (nSPS) is 41.1. The predicted octanol–water partition coefficient (Wildman–Crippen LogP) is 1.80. The molecule has 13 heavy (non-hydrogen) atoms. The van der Waals surface area contributed by atoms with Crippen LogP contribution >= 0.6 is 0 Å². The first kappa shape index (κ1) is 11.0. The molecule has 1 aliphatic carbocycles. The SMILES string of the molecule is CC(C)C1CCC(O)(CO)C(C)C1. The van der Waals surface area contributed by atoms with Gasteiger partial charge in [0.05, 0.1) is 12.2 Å². The van der Waals surface area contributed by atoms with E-state index in [1.807, 2.05) is 6.92 Å². The zero-order valence-electron chi connectivity index (χ0n) is 8.95. The molecule has 78 valence electrons. The summed E-state index contributed by atoms with van der Waals surface area (Å²) in [4.78, 5) is 0. The van der Waals surface area contributed by atoms with Crippen LogP contribution in [0.15, 0.2) is 0 Å². The molecule has 0 aromatic carbocycles. The highest BCUT2D eigenvalue weighted by Gasteiger charge is 2.39. The smallest absolute Gasteiger partial charge is 0.0902 e. The van der Waals surface area contributed by atoms with Crippen molar-refractivity contribution in [1.29, 1.82) is 0 Å². The summed E-state index contributed by atoms with van der Waals surface area (Å²) in [6.07, 6.45) is 2.86. The van der Waals surface area contributed by atoms with Crippen molar-refractivity contribution in [3.05, 3.63) is 0 Å². The molecule has 0 aliphatic heterocycles. The van der Waals surface area contributed by atoms with Crippen LogP contribution in [0.1, 0.15) is 40.0 Å². The van der Waals surface area contributed by atoms with Crippen molar-refractivity contribution in [2.75, 3.05) is 6.61 Å². The highest BCUT2D eigenvalue weighted by molar-refractivity contribution is 4.90. The Morgan fingerprint density at radius 2 is 2.08 bits per heavy atom. The molecule has 2 nitrogen and oxygen atoms in total. The summed E-state index contributed by atoms with van der Waals surface area (Å²) in [6, 6.07) is 0. The van der Waals surface area contributed by atoms with Crippen molar-refractivity contribution in [2.45, 2.75) is 45.6 Å². The molecule has 3 atom stereocenters. The Morgan fingerprint density at radius 3 is 2.46 bits per heavy atom. The van der Waals surface area contributed by atoms with Crippen molar-refractivity contribution in [3.63, 3.8) is 0 Å². The summed E-state index contributed by atoms with van der Waals surface area (Å²) in [5.74, 6) is 1.66. The monoisotopic (exact) mass is 186 g/mol. The zero-order chi connectivity index (χ0) is 10.1. The lowest BCUT2D eigenvalue weighted by Crippen LogP contribution is -2.45. The van der Waals surface area contributed by atoms with E-state index in [0.29, 0.717) is 5.92 Å². The molecular weight excluding hydrogens is 164 g/mol. The van der Waals surface area contributed by atoms with E-state index < -0.39 is 5.60 Å². The Hall–Kier alpha value is -0.0800. The fourth-order valence-electron chi connectivity index (χ4n) is 2.31. The number of hydrogen-bond donors (Lipinski definition) is 2. The second-order valence-corrected chi connectivity index (χ2v) is 4.94. The second-order valence-electron chi connectivity index (χ2n) is 4.94. The highest BCUT2D eigenvalue weighted by Crippen LogP contribution is 2.39. The Morgan fingerprint density at radius 1 is 1.46 bits per heavy atom. The minimum atomic E-state index is -0.800. The van der Waals surface area contributed by atoms with E-state index >= 15 is 0 Å². The van der Waals surface area contributed by atoms with Gasteiger partial charge in [-0.2, -0.15) is 0 Å². The van der Waals surface area contributed by atoms with Gasteiger partial charge in [-0.3, -0.25) is 0 Å². The maximum atomic E-state index is 10.00. The van der Waals surface area contributed by atoms with Gasteiger partial charge in [0, 0.05) is 0 Å². The molecule has 0 spiro atoms. The molecule has 3 unspecified atom stereocenters. The number of aliphatic hydroxyl groups excluding tert-OH is 1. The van der Waals surface area contributed by atoms with E-state index in [1.54, 1.807) is 0 Å². The minimum absolute atomic E-state index is 0.0843. The van der Waals surface area contributed by atoms with Gasteiger partial charge < -0.3 is 10.2 Å². The third kappa shape index (κ3) is 2.23. The van der Waals surface area contributed by atoms with Crippen LogP contribution in [0.3, 0.4) is 0 Å². The molecule has 1 rings (SSSR count). The van der Waals surface area contributed by atoms with Gasteiger partial charge in [-0.1, -0.05) is 20.8 Å². The van der Waals surface area contributed by atoms with Gasteiger partial charge in [-0.15, -0.1) is 0 Å². The summed E-state index contributed by atoms with van der Waals surface area (Å²) in [5.41, 5.74) is -0.800. The zero-order valence-corrected chi connectivity index (χ0v) is 8.95. The summed E-state index contributed by atoms with van der Waals surface area (Å²) < 4.78 is 0. The largest absolute Gasteiger partial charge is 0.393 e. The van der Waals surface area contributed by atoms with Gasteiger partial charge in [0.15, 0.2) is 0 Å². The quantitative estimate of drug-likeness (QED) is 0.690. The topological polar surface area (TPSA) is 40.5 Å². The van der Waals surface area contributed by atoms with Crippen LogP contribution in [0.25, 0.3) is 0 Å². The fourth-order valence-corrected chi connectivity index (χ4v) is 2.31. The Kier molecular flexibility index (Phi) is 3.36. The van der Waals surface area contributed by atoms with Crippen LogP contribution in [0, 0.1) is 17.8 Å². The van der Waals surface area contributed by atoms with Crippen molar-refractivity contribution < 1.29 is 10.2 Å². The average molecular weight is 186 g/mol. The second kappa shape index (κ2) is 3.97. The highest BCUT2D eigenvalue weighted by atomic mass is 16.3. The molecule has 0 radical (unpaired) electrons. The van der Waals surface area contributed by atoms with Crippen LogP contribution in [-0.4, -0.2) is 22.4 Å². The maximum absolute atomic E-state index is 10.00. The Balaban J connectivity index is 2.56. The lowest BCUT2D eigenvalue weighted by atomic mass is 9.69. The lowest BCUT2D eigenvalue weighted by molar-refractivity contribution is -0.0939. The first-order valence-corrected chi connectivity index (χ1v) is 5.33. The molecule has 1 aliphatic rings. The van der Waals surface area contributed by atoms with Gasteiger partial charge in [0.2, 0.25) is 0 Å². The Labute approximate surface area is 81.0 Å². The third-order valence-electron chi connectivity index (χ3n) is 3.74. The van der Waals surface area contributed by atoms with E-state index in [9.17, 15) is 5.11 Å². The summed E-state index contributed by atoms with van der Waals surface area (Å²) in [7, 11) is 0. The van der Waals surface area contributed by atoms with Crippen LogP contribution in [0.4, 0.5) is 0 Å². The fraction of sp³-hybridized carbons (Fsp3) is 1.00. The van der Waals surface area contributed by atoms with E-state index in [4.69, 9.17) is 5.11 Å². The molecular formula is C11H22O2. The van der Waals surface area contributed by atoms with Crippen molar-refractivity contribution in [1.82, 2.24) is 0 Å². The van der Waals surface area contributed by atoms with E-state index in [1.165, 1.54) is 0 Å². The summed E-state index contributed by atoms with van der Waals surface area (Å²) in [5, 5.41) is 19.1. The van der Waals surface area contributed by atoms with Gasteiger partial charge in [-0.05, 0) is 37.0 Å². The molecule has 1 saturated carbocycles. The molecule has 0 bridgehead atoms. The minimum Gasteiger partial charge on any atom is -0.393 e. The third-order valence-corrected chi connectivity index (χ3v) is 3.74. The first-order valence-electron chi connectivity index (χ1n) is 5.33. The molecule has 0 heterocycles. The average Bonchev–Trinajstić information content (AvgIpc) is 2.09. The van der Waals surface area contributed by atoms with Gasteiger partial charge in [-0.25, -0.2) is 0 Å².